The number of amides is 1. The van der Waals surface area contributed by atoms with E-state index in [2.05, 4.69) is 20.5 Å². The van der Waals surface area contributed by atoms with Crippen LogP contribution in [0, 0.1) is 17.1 Å². The Hall–Kier alpha value is -4.60. The predicted molar refractivity (Wildman–Crippen MR) is 129 cm³/mol. The number of nitrogens with zero attached hydrogens (tertiary/aromatic N) is 3. The van der Waals surface area contributed by atoms with E-state index in [1.54, 1.807) is 12.1 Å². The normalized spacial score (nSPS) is 13.2. The molecule has 0 atom stereocenters. The molecule has 1 heterocycles. The van der Waals surface area contributed by atoms with E-state index in [0.29, 0.717) is 16.5 Å². The Labute approximate surface area is 208 Å². The van der Waals surface area contributed by atoms with E-state index in [9.17, 15) is 27.6 Å². The number of amidine groups is 1. The molecule has 0 unspecified atom stereocenters. The molecular formula is C24H23F4N7O2. The molecule has 194 valence electrons. The first-order valence-corrected chi connectivity index (χ1v) is 10.7. The van der Waals surface area contributed by atoms with Crippen LogP contribution in [0.5, 0.6) is 5.75 Å². The number of hydrogen-bond donors (Lipinski definition) is 4. The van der Waals surface area contributed by atoms with Crippen molar-refractivity contribution in [3.63, 3.8) is 0 Å². The van der Waals surface area contributed by atoms with E-state index < -0.39 is 34.8 Å². The van der Waals surface area contributed by atoms with Crippen LogP contribution in [-0.2, 0) is 6.54 Å². The molecule has 0 bridgehead atoms. The summed E-state index contributed by atoms with van der Waals surface area (Å²) < 4.78 is 58.4. The number of carbonyl (C=O) groups is 1. The number of carbonyl (C=O) groups excluding carboxylic acids is 1. The summed E-state index contributed by atoms with van der Waals surface area (Å²) in [5, 5.41) is 19.4. The van der Waals surface area contributed by atoms with E-state index in [4.69, 9.17) is 16.2 Å². The van der Waals surface area contributed by atoms with Gasteiger partial charge >= 0.3 is 6.18 Å². The average molecular weight is 517 g/mol. The smallest absolute Gasteiger partial charge is 0.413 e. The minimum absolute atomic E-state index is 0.00218. The molecule has 0 aliphatic carbocycles. The van der Waals surface area contributed by atoms with E-state index in [-0.39, 0.29) is 29.1 Å². The molecule has 13 heteroatoms. The summed E-state index contributed by atoms with van der Waals surface area (Å²) >= 11 is 0. The lowest BCUT2D eigenvalue weighted by Crippen LogP contribution is -2.39. The minimum Gasteiger partial charge on any atom is -0.496 e. The summed E-state index contributed by atoms with van der Waals surface area (Å²) in [5.41, 5.74) is 10.00. The molecule has 0 aliphatic heterocycles. The van der Waals surface area contributed by atoms with Gasteiger partial charge in [0, 0.05) is 17.5 Å². The molecule has 9 nitrogen and oxygen atoms in total. The van der Waals surface area contributed by atoms with Gasteiger partial charge in [-0.2, -0.15) is 23.5 Å². The summed E-state index contributed by atoms with van der Waals surface area (Å²) in [6.45, 7) is 1.64. The maximum atomic E-state index is 13.6. The lowest BCUT2D eigenvalue weighted by atomic mass is 9.99. The number of nitriles is 1. The minimum atomic E-state index is -4.70. The van der Waals surface area contributed by atoms with Crippen molar-refractivity contribution in [1.29, 1.82) is 5.26 Å². The van der Waals surface area contributed by atoms with E-state index in [0.717, 1.165) is 26.0 Å². The maximum absolute atomic E-state index is 13.6. The Morgan fingerprint density at radius 2 is 1.92 bits per heavy atom. The number of H-pyrrole nitrogens is 1. The molecule has 6 N–H and O–H groups in total. The van der Waals surface area contributed by atoms with Crippen molar-refractivity contribution in [2.24, 2.45) is 16.5 Å². The summed E-state index contributed by atoms with van der Waals surface area (Å²) in [7, 11) is 1.35. The van der Waals surface area contributed by atoms with Gasteiger partial charge < -0.3 is 21.5 Å². The zero-order chi connectivity index (χ0) is 27.5. The Kier molecular flexibility index (Phi) is 7.42. The van der Waals surface area contributed by atoms with Gasteiger partial charge in [0.25, 0.3) is 5.91 Å². The number of aliphatic imine (C=N–C) groups is 1. The van der Waals surface area contributed by atoms with Crippen LogP contribution in [0.3, 0.4) is 0 Å². The van der Waals surface area contributed by atoms with Crippen LogP contribution in [0.25, 0.3) is 16.6 Å². The molecule has 1 amide bonds. The highest BCUT2D eigenvalue weighted by atomic mass is 19.4. The second-order valence-electron chi connectivity index (χ2n) is 8.41. The van der Waals surface area contributed by atoms with Gasteiger partial charge in [-0.05, 0) is 37.6 Å². The Morgan fingerprint density at radius 3 is 2.54 bits per heavy atom. The molecule has 1 aromatic heterocycles. The lowest BCUT2D eigenvalue weighted by Gasteiger charge is -2.24. The van der Waals surface area contributed by atoms with Crippen molar-refractivity contribution in [3.8, 4) is 11.8 Å². The number of halogens is 4. The van der Waals surface area contributed by atoms with Crippen molar-refractivity contribution in [1.82, 2.24) is 15.5 Å². The quantitative estimate of drug-likeness (QED) is 0.163. The molecule has 2 aromatic carbocycles. The van der Waals surface area contributed by atoms with E-state index in [1.807, 2.05) is 0 Å². The van der Waals surface area contributed by atoms with Gasteiger partial charge in [0.05, 0.1) is 30.1 Å². The number of rotatable bonds is 7. The number of hydrogen-bond acceptors (Lipinski definition) is 6. The number of aromatic nitrogens is 2. The molecule has 0 radical (unpaired) electrons. The van der Waals surface area contributed by atoms with Crippen molar-refractivity contribution < 1.29 is 27.1 Å². The Balaban J connectivity index is 1.96. The van der Waals surface area contributed by atoms with Crippen LogP contribution in [-0.4, -0.2) is 40.8 Å². The van der Waals surface area contributed by atoms with Crippen LogP contribution in [0.2, 0.25) is 0 Å². The Morgan fingerprint density at radius 1 is 1.22 bits per heavy atom. The maximum Gasteiger partial charge on any atom is 0.413 e. The third-order valence-electron chi connectivity index (χ3n) is 5.57. The zero-order valence-corrected chi connectivity index (χ0v) is 20.0. The summed E-state index contributed by atoms with van der Waals surface area (Å²) in [6, 6.07) is 8.35. The fourth-order valence-electron chi connectivity index (χ4n) is 3.41. The standard InChI is InChI=1S/C24H23F4N7O2/c1-23(2,24(26,27)28)34-21(31)16(9-29)19(30)14-6-4-12(20-17(14)11-33-35-20)10-32-22(36)15-8-13(25)5-7-18(15)37-3/h4-8,11H,10,30H2,1-3H3,(H2,31,34)(H,32,36)(H,33,35)/b19-16-. The largest absolute Gasteiger partial charge is 0.496 e. The Bertz CT molecular complexity index is 1450. The molecule has 0 saturated heterocycles. The third-order valence-corrected chi connectivity index (χ3v) is 5.57. The first-order valence-electron chi connectivity index (χ1n) is 10.7. The molecule has 3 aromatic rings. The number of ether oxygens (including phenoxy) is 1. The number of nitrogens with two attached hydrogens (primary N) is 2. The van der Waals surface area contributed by atoms with Crippen LogP contribution in [0.15, 0.2) is 47.1 Å². The third kappa shape index (κ3) is 5.48. The van der Waals surface area contributed by atoms with Crippen molar-refractivity contribution in [2.75, 3.05) is 7.11 Å². The van der Waals surface area contributed by atoms with Crippen molar-refractivity contribution in [2.45, 2.75) is 32.1 Å². The van der Waals surface area contributed by atoms with Gasteiger partial charge in [-0.3, -0.25) is 14.9 Å². The van der Waals surface area contributed by atoms with Gasteiger partial charge in [-0.1, -0.05) is 12.1 Å². The number of nitrogens with one attached hydrogen (secondary N) is 2. The first-order chi connectivity index (χ1) is 17.3. The molecule has 37 heavy (non-hydrogen) atoms. The van der Waals surface area contributed by atoms with Gasteiger partial charge in [0.15, 0.2) is 5.54 Å². The van der Waals surface area contributed by atoms with Gasteiger partial charge in [0.2, 0.25) is 0 Å². The monoisotopic (exact) mass is 517 g/mol. The lowest BCUT2D eigenvalue weighted by molar-refractivity contribution is -0.174. The highest BCUT2D eigenvalue weighted by molar-refractivity contribution is 6.09. The first kappa shape index (κ1) is 27.0. The van der Waals surface area contributed by atoms with Gasteiger partial charge in [0.1, 0.15) is 29.0 Å². The topological polar surface area (TPSA) is 155 Å². The summed E-state index contributed by atoms with van der Waals surface area (Å²) in [4.78, 5) is 16.1. The van der Waals surface area contributed by atoms with E-state index >= 15 is 0 Å². The molecule has 0 aliphatic rings. The van der Waals surface area contributed by atoms with Crippen LogP contribution >= 0.6 is 0 Å². The number of alkyl halides is 3. The molecule has 0 spiro atoms. The van der Waals surface area contributed by atoms with Crippen LogP contribution in [0.4, 0.5) is 17.6 Å². The highest BCUT2D eigenvalue weighted by Crippen LogP contribution is 2.34. The number of methoxy groups -OCH3 is 1. The fourth-order valence-corrected chi connectivity index (χ4v) is 3.41. The number of fused-ring (bicyclic) bond motifs is 1. The molecule has 0 saturated carbocycles. The van der Waals surface area contributed by atoms with Crippen LogP contribution in [0.1, 0.15) is 35.3 Å². The molecule has 0 fully saturated rings. The SMILES string of the molecule is COc1ccc(F)cc1C(=O)NCc1ccc(/C(N)=C(\C#N)C(N)=NC(C)(C)C(F)(F)F)c2cn[nH]c12. The summed E-state index contributed by atoms with van der Waals surface area (Å²) in [5.74, 6) is -1.67. The summed E-state index contributed by atoms with van der Waals surface area (Å²) in [6.07, 6.45) is -3.30. The number of aromatic amines is 1. The average Bonchev–Trinajstić information content (AvgIpc) is 3.32. The van der Waals surface area contributed by atoms with Crippen molar-refractivity contribution >= 4 is 28.3 Å². The number of benzene rings is 2. The highest BCUT2D eigenvalue weighted by Gasteiger charge is 2.47. The van der Waals surface area contributed by atoms with Crippen LogP contribution < -0.4 is 21.5 Å². The second-order valence-corrected chi connectivity index (χ2v) is 8.41. The molecular weight excluding hydrogens is 494 g/mol. The molecule has 3 rings (SSSR count). The van der Waals surface area contributed by atoms with Gasteiger partial charge in [-0.25, -0.2) is 4.39 Å². The van der Waals surface area contributed by atoms with Crippen molar-refractivity contribution in [3.05, 3.63) is 64.6 Å². The van der Waals surface area contributed by atoms with Gasteiger partial charge in [-0.15, -0.1) is 0 Å². The zero-order valence-electron chi connectivity index (χ0n) is 20.0. The predicted octanol–water partition coefficient (Wildman–Crippen LogP) is 3.53. The second kappa shape index (κ2) is 10.2. The fraction of sp³-hybridized carbons (Fsp3) is 0.250. The van der Waals surface area contributed by atoms with E-state index in [1.165, 1.54) is 25.4 Å².